The third kappa shape index (κ3) is 4.78. The van der Waals surface area contributed by atoms with Gasteiger partial charge in [0.25, 0.3) is 0 Å². The molecule has 1 aromatic rings. The number of hydrogen-bond acceptors (Lipinski definition) is 4. The second-order valence-electron chi connectivity index (χ2n) is 3.97. The van der Waals surface area contributed by atoms with E-state index in [1.807, 2.05) is 13.8 Å². The van der Waals surface area contributed by atoms with E-state index < -0.39 is 0 Å². The van der Waals surface area contributed by atoms with E-state index in [-0.39, 0.29) is 28.5 Å². The Balaban J connectivity index is 2.51. The number of carbonyl (C=O) groups is 1. The second kappa shape index (κ2) is 6.15. The Morgan fingerprint density at radius 3 is 2.88 bits per heavy atom. The number of rotatable bonds is 3. The zero-order valence-electron chi connectivity index (χ0n) is 9.73. The molecule has 3 N–H and O–H groups in total. The average Bonchev–Trinajstić information content (AvgIpc) is 2.19. The first-order valence-electron chi connectivity index (χ1n) is 5.24. The molecule has 6 heteroatoms. The van der Waals surface area contributed by atoms with Gasteiger partial charge < -0.3 is 15.7 Å². The van der Waals surface area contributed by atoms with Crippen LogP contribution in [0.4, 0.5) is 5.82 Å². The molecule has 5 nitrogen and oxygen atoms in total. The van der Waals surface area contributed by atoms with E-state index in [2.05, 4.69) is 15.6 Å². The van der Waals surface area contributed by atoms with Crippen molar-refractivity contribution < 1.29 is 9.90 Å². The van der Waals surface area contributed by atoms with Crippen molar-refractivity contribution in [2.75, 3.05) is 5.32 Å². The minimum atomic E-state index is -0.159. The molecule has 1 rings (SSSR count). The number of aromatic hydroxyl groups is 1. The van der Waals surface area contributed by atoms with Gasteiger partial charge in [-0.15, -0.1) is 0 Å². The molecular weight excluding hydrogens is 238 g/mol. The van der Waals surface area contributed by atoms with Gasteiger partial charge in [-0.3, -0.25) is 4.79 Å². The van der Waals surface area contributed by atoms with Crippen LogP contribution in [0.15, 0.2) is 18.3 Å². The quantitative estimate of drug-likeness (QED) is 0.714. The molecule has 17 heavy (non-hydrogen) atoms. The molecule has 92 valence electrons. The standard InChI is InChI=1S/C11H15N3O2S/c1-7(2)6-9(16)13-11(17)14-10-8(15)4-3-5-12-10/h3-5,7,15H,6H2,1-2H3,(H2,12,13,14,16,17). The molecule has 0 saturated heterocycles. The molecule has 1 aromatic heterocycles. The maximum absolute atomic E-state index is 11.4. The van der Waals surface area contributed by atoms with Crippen LogP contribution < -0.4 is 10.6 Å². The largest absolute Gasteiger partial charge is 0.504 e. The Labute approximate surface area is 105 Å². The van der Waals surface area contributed by atoms with Gasteiger partial charge in [-0.1, -0.05) is 13.8 Å². The summed E-state index contributed by atoms with van der Waals surface area (Å²) in [5, 5.41) is 14.7. The minimum absolute atomic E-state index is 0.0204. The summed E-state index contributed by atoms with van der Waals surface area (Å²) in [7, 11) is 0. The van der Waals surface area contributed by atoms with Crippen LogP contribution in [0.1, 0.15) is 20.3 Å². The third-order valence-corrected chi connectivity index (χ3v) is 2.07. The smallest absolute Gasteiger partial charge is 0.226 e. The summed E-state index contributed by atoms with van der Waals surface area (Å²) in [5.74, 6) is 0.310. The van der Waals surface area contributed by atoms with Crippen LogP contribution in [0.3, 0.4) is 0 Å². The summed E-state index contributed by atoms with van der Waals surface area (Å²) >= 11 is 4.93. The predicted molar refractivity (Wildman–Crippen MR) is 69.7 cm³/mol. The zero-order valence-corrected chi connectivity index (χ0v) is 10.5. The van der Waals surface area contributed by atoms with Gasteiger partial charge in [0, 0.05) is 12.6 Å². The van der Waals surface area contributed by atoms with Gasteiger partial charge in [0.05, 0.1) is 0 Å². The molecule has 0 radical (unpaired) electrons. The van der Waals surface area contributed by atoms with E-state index in [4.69, 9.17) is 12.2 Å². The molecule has 1 amide bonds. The zero-order chi connectivity index (χ0) is 12.8. The predicted octanol–water partition coefficient (Wildman–Crippen LogP) is 1.65. The Morgan fingerprint density at radius 1 is 1.59 bits per heavy atom. The normalized spacial score (nSPS) is 10.1. The van der Waals surface area contributed by atoms with Gasteiger partial charge in [0.15, 0.2) is 16.7 Å². The summed E-state index contributed by atoms with van der Waals surface area (Å²) in [4.78, 5) is 15.3. The number of pyridine rings is 1. The van der Waals surface area contributed by atoms with Crippen molar-refractivity contribution in [3.05, 3.63) is 18.3 Å². The fourth-order valence-corrected chi connectivity index (χ4v) is 1.39. The third-order valence-electron chi connectivity index (χ3n) is 1.86. The van der Waals surface area contributed by atoms with Gasteiger partial charge >= 0.3 is 0 Å². The van der Waals surface area contributed by atoms with E-state index in [0.717, 1.165) is 0 Å². The fourth-order valence-electron chi connectivity index (χ4n) is 1.18. The SMILES string of the molecule is CC(C)CC(=O)NC(=S)Nc1ncccc1O. The lowest BCUT2D eigenvalue weighted by molar-refractivity contribution is -0.120. The van der Waals surface area contributed by atoms with Gasteiger partial charge in [0.1, 0.15) is 0 Å². The van der Waals surface area contributed by atoms with Crippen LogP contribution in [0, 0.1) is 5.92 Å². The molecule has 0 bridgehead atoms. The highest BCUT2D eigenvalue weighted by Crippen LogP contribution is 2.17. The molecule has 0 fully saturated rings. The first-order chi connectivity index (χ1) is 7.99. The van der Waals surface area contributed by atoms with E-state index in [9.17, 15) is 9.90 Å². The van der Waals surface area contributed by atoms with Crippen molar-refractivity contribution in [2.24, 2.45) is 5.92 Å². The van der Waals surface area contributed by atoms with Gasteiger partial charge in [-0.05, 0) is 30.3 Å². The first-order valence-corrected chi connectivity index (χ1v) is 5.64. The Kier molecular flexibility index (Phi) is 4.84. The van der Waals surface area contributed by atoms with Crippen LogP contribution in [0.2, 0.25) is 0 Å². The number of hydrogen-bond donors (Lipinski definition) is 3. The van der Waals surface area contributed by atoms with Crippen molar-refractivity contribution in [2.45, 2.75) is 20.3 Å². The molecule has 0 aliphatic rings. The summed E-state index contributed by atoms with van der Waals surface area (Å²) in [6, 6.07) is 3.08. The Hall–Kier alpha value is -1.69. The Morgan fingerprint density at radius 2 is 2.29 bits per heavy atom. The molecule has 0 atom stereocenters. The van der Waals surface area contributed by atoms with Gasteiger partial charge in [-0.25, -0.2) is 4.98 Å². The number of nitrogens with one attached hydrogen (secondary N) is 2. The summed E-state index contributed by atoms with van der Waals surface area (Å²) in [6.07, 6.45) is 1.91. The summed E-state index contributed by atoms with van der Waals surface area (Å²) in [6.45, 7) is 3.89. The van der Waals surface area contributed by atoms with E-state index >= 15 is 0 Å². The topological polar surface area (TPSA) is 74.2 Å². The minimum Gasteiger partial charge on any atom is -0.504 e. The van der Waals surface area contributed by atoms with Crippen LogP contribution in [-0.2, 0) is 4.79 Å². The highest BCUT2D eigenvalue weighted by molar-refractivity contribution is 7.80. The van der Waals surface area contributed by atoms with Crippen LogP contribution in [-0.4, -0.2) is 21.1 Å². The average molecular weight is 253 g/mol. The van der Waals surface area contributed by atoms with Crippen LogP contribution in [0.5, 0.6) is 5.75 Å². The van der Waals surface area contributed by atoms with Crippen molar-refractivity contribution in [3.63, 3.8) is 0 Å². The number of thiocarbonyl (C=S) groups is 1. The highest BCUT2D eigenvalue weighted by Gasteiger charge is 2.08. The number of carbonyl (C=O) groups excluding carboxylic acids is 1. The van der Waals surface area contributed by atoms with E-state index in [0.29, 0.717) is 6.42 Å². The van der Waals surface area contributed by atoms with Crippen LogP contribution in [0.25, 0.3) is 0 Å². The van der Waals surface area contributed by atoms with Crippen molar-refractivity contribution in [1.29, 1.82) is 0 Å². The van der Waals surface area contributed by atoms with Crippen molar-refractivity contribution >= 4 is 29.1 Å². The Bertz CT molecular complexity index is 421. The highest BCUT2D eigenvalue weighted by atomic mass is 32.1. The lowest BCUT2D eigenvalue weighted by Crippen LogP contribution is -2.34. The summed E-state index contributed by atoms with van der Waals surface area (Å²) in [5.41, 5.74) is 0. The molecular formula is C11H15N3O2S. The monoisotopic (exact) mass is 253 g/mol. The number of anilines is 1. The molecule has 0 unspecified atom stereocenters. The molecule has 1 heterocycles. The maximum Gasteiger partial charge on any atom is 0.226 e. The van der Waals surface area contributed by atoms with Crippen molar-refractivity contribution in [1.82, 2.24) is 10.3 Å². The van der Waals surface area contributed by atoms with Gasteiger partial charge in [-0.2, -0.15) is 0 Å². The first kappa shape index (κ1) is 13.4. The number of aromatic nitrogens is 1. The van der Waals surface area contributed by atoms with Gasteiger partial charge in [0.2, 0.25) is 5.91 Å². The van der Waals surface area contributed by atoms with Crippen molar-refractivity contribution in [3.8, 4) is 5.75 Å². The molecule has 0 spiro atoms. The molecule has 0 saturated carbocycles. The maximum atomic E-state index is 11.4. The lowest BCUT2D eigenvalue weighted by Gasteiger charge is -2.10. The number of nitrogens with zero attached hydrogens (tertiary/aromatic N) is 1. The molecule has 0 aliphatic carbocycles. The van der Waals surface area contributed by atoms with E-state index in [1.165, 1.54) is 12.3 Å². The van der Waals surface area contributed by atoms with E-state index in [1.54, 1.807) is 6.07 Å². The number of amides is 1. The second-order valence-corrected chi connectivity index (χ2v) is 4.38. The molecule has 0 aromatic carbocycles. The summed E-state index contributed by atoms with van der Waals surface area (Å²) < 4.78 is 0. The molecule has 0 aliphatic heterocycles. The fraction of sp³-hybridized carbons (Fsp3) is 0.364. The van der Waals surface area contributed by atoms with Crippen LogP contribution >= 0.6 is 12.2 Å². The lowest BCUT2D eigenvalue weighted by atomic mass is 10.1.